The Morgan fingerprint density at radius 2 is 0.865 bits per heavy atom. The van der Waals surface area contributed by atoms with Crippen LogP contribution in [0.1, 0.15) is 49.7 Å². The molecule has 294 valence electrons. The molecule has 0 saturated heterocycles. The highest BCUT2D eigenvalue weighted by atomic mass is 16.6. The van der Waals surface area contributed by atoms with Crippen LogP contribution in [-0.4, -0.2) is 150 Å². The van der Waals surface area contributed by atoms with Crippen molar-refractivity contribution >= 4 is 6.09 Å². The number of fused-ring (bicyclic) bond motifs is 3. The van der Waals surface area contributed by atoms with Crippen molar-refractivity contribution in [3.63, 3.8) is 0 Å². The largest absolute Gasteiger partial charge is 0.448 e. The fourth-order valence-electron chi connectivity index (χ4n) is 5.49. The van der Waals surface area contributed by atoms with Gasteiger partial charge in [-0.25, -0.2) is 4.79 Å². The molecule has 52 heavy (non-hydrogen) atoms. The molecule has 0 fully saturated rings. The molecule has 12 heteroatoms. The smallest absolute Gasteiger partial charge is 0.409 e. The minimum absolute atomic E-state index is 0.0421. The van der Waals surface area contributed by atoms with Crippen molar-refractivity contribution in [2.24, 2.45) is 0 Å². The van der Waals surface area contributed by atoms with Gasteiger partial charge in [0.25, 0.3) is 0 Å². The van der Waals surface area contributed by atoms with Crippen LogP contribution < -0.4 is 0 Å². The molecule has 1 amide bonds. The van der Waals surface area contributed by atoms with Crippen molar-refractivity contribution in [2.45, 2.75) is 38.5 Å². The fraction of sp³-hybridized carbons (Fsp3) is 0.675. The van der Waals surface area contributed by atoms with Gasteiger partial charge in [0.1, 0.15) is 6.61 Å². The molecule has 2 aromatic carbocycles. The lowest BCUT2D eigenvalue weighted by Gasteiger charge is -2.19. The van der Waals surface area contributed by atoms with E-state index in [1.165, 1.54) is 46.4 Å². The second kappa shape index (κ2) is 29.8. The van der Waals surface area contributed by atoms with E-state index in [1.54, 1.807) is 7.05 Å². The zero-order valence-corrected chi connectivity index (χ0v) is 31.6. The molecule has 0 radical (unpaired) electrons. The summed E-state index contributed by atoms with van der Waals surface area (Å²) < 4.78 is 55.4. The number of benzene rings is 2. The second-order valence-electron chi connectivity index (χ2n) is 12.3. The van der Waals surface area contributed by atoms with Gasteiger partial charge < -0.3 is 52.3 Å². The Labute approximate surface area is 311 Å². The molecule has 0 aliphatic heterocycles. The second-order valence-corrected chi connectivity index (χ2v) is 12.3. The van der Waals surface area contributed by atoms with Crippen LogP contribution >= 0.6 is 0 Å². The summed E-state index contributed by atoms with van der Waals surface area (Å²) in [5.41, 5.74) is 4.81. The van der Waals surface area contributed by atoms with Crippen LogP contribution in [-0.2, 0) is 47.4 Å². The third-order valence-electron chi connectivity index (χ3n) is 8.34. The summed E-state index contributed by atoms with van der Waals surface area (Å²) in [6.07, 6.45) is 4.52. The van der Waals surface area contributed by atoms with E-state index in [4.69, 9.17) is 47.4 Å². The summed E-state index contributed by atoms with van der Waals surface area (Å²) in [5.74, 6) is 0.0421. The lowest BCUT2D eigenvalue weighted by atomic mass is 9.98. The predicted octanol–water partition coefficient (Wildman–Crippen LogP) is 5.60. The summed E-state index contributed by atoms with van der Waals surface area (Å²) in [7, 11) is 1.72. The maximum Gasteiger partial charge on any atom is 0.409 e. The van der Waals surface area contributed by atoms with E-state index in [1.807, 2.05) is 24.3 Å². The number of amides is 1. The van der Waals surface area contributed by atoms with E-state index in [0.717, 1.165) is 13.0 Å². The Bertz CT molecular complexity index is 1120. The fourth-order valence-corrected chi connectivity index (χ4v) is 5.49. The van der Waals surface area contributed by atoms with Gasteiger partial charge in [0.05, 0.1) is 112 Å². The lowest BCUT2D eigenvalue weighted by Crippen LogP contribution is -2.32. The Morgan fingerprint density at radius 1 is 0.500 bits per heavy atom. The number of hydrogen-bond donors (Lipinski definition) is 0. The predicted molar refractivity (Wildman–Crippen MR) is 199 cm³/mol. The van der Waals surface area contributed by atoms with Crippen LogP contribution in [0.3, 0.4) is 0 Å². The summed E-state index contributed by atoms with van der Waals surface area (Å²) in [4.78, 5) is 14.1. The van der Waals surface area contributed by atoms with Gasteiger partial charge in [-0.3, -0.25) is 0 Å². The highest BCUT2D eigenvalue weighted by Gasteiger charge is 2.29. The van der Waals surface area contributed by atoms with Crippen LogP contribution in [0.25, 0.3) is 11.1 Å². The van der Waals surface area contributed by atoms with E-state index in [2.05, 4.69) is 31.2 Å². The zero-order chi connectivity index (χ0) is 36.7. The van der Waals surface area contributed by atoms with Gasteiger partial charge in [0.2, 0.25) is 0 Å². The highest BCUT2D eigenvalue weighted by Crippen LogP contribution is 2.44. The number of carbonyl (C=O) groups is 1. The number of carbonyl (C=O) groups excluding carboxylic acids is 1. The first-order valence-electron chi connectivity index (χ1n) is 19.0. The number of likely N-dealkylation sites (N-methyl/N-ethyl adjacent to an activating group) is 1. The first-order valence-corrected chi connectivity index (χ1v) is 19.0. The Balaban J connectivity index is 0.988. The van der Waals surface area contributed by atoms with Crippen molar-refractivity contribution in [3.05, 3.63) is 59.7 Å². The first-order chi connectivity index (χ1) is 25.7. The van der Waals surface area contributed by atoms with E-state index in [-0.39, 0.29) is 12.0 Å². The zero-order valence-electron chi connectivity index (χ0n) is 31.6. The van der Waals surface area contributed by atoms with Crippen LogP contribution in [0, 0.1) is 0 Å². The molecule has 0 unspecified atom stereocenters. The van der Waals surface area contributed by atoms with E-state index in [0.29, 0.717) is 125 Å². The van der Waals surface area contributed by atoms with Crippen molar-refractivity contribution < 1.29 is 52.2 Å². The van der Waals surface area contributed by atoms with Gasteiger partial charge in [-0.2, -0.15) is 0 Å². The summed E-state index contributed by atoms with van der Waals surface area (Å²) in [6, 6.07) is 16.6. The average Bonchev–Trinajstić information content (AvgIpc) is 3.49. The van der Waals surface area contributed by atoms with Gasteiger partial charge in [0, 0.05) is 26.1 Å². The van der Waals surface area contributed by atoms with Crippen molar-refractivity contribution in [2.75, 3.05) is 139 Å². The number of rotatable bonds is 34. The molecule has 1 aliphatic rings. The summed E-state index contributed by atoms with van der Waals surface area (Å²) in [6.45, 7) is 12.4. The number of unbranched alkanes of at least 4 members (excludes halogenated alkanes) is 3. The van der Waals surface area contributed by atoms with Crippen LogP contribution in [0.15, 0.2) is 48.5 Å². The molecule has 0 aromatic heterocycles. The minimum Gasteiger partial charge on any atom is -0.448 e. The molecule has 0 bridgehead atoms. The van der Waals surface area contributed by atoms with E-state index in [9.17, 15) is 4.79 Å². The van der Waals surface area contributed by atoms with Crippen LogP contribution in [0.2, 0.25) is 0 Å². The standard InChI is InChI=1S/C40H63NO11/c1-3-4-5-10-16-43-18-20-45-22-24-47-26-28-49-30-32-51-33-31-50-29-27-48-25-23-46-21-19-44-17-15-41(2)40(42)52-34-39-37-13-8-6-11-35(37)36-12-7-9-14-38(36)39/h6-9,11-14,39H,3-5,10,15-34H2,1-2H3. The third kappa shape index (κ3) is 18.9. The van der Waals surface area contributed by atoms with E-state index < -0.39 is 0 Å². The SMILES string of the molecule is CCCCCCOCCOCCOCCOCCOCCOCCOCCOCCOCCN(C)C(=O)OCC1c2ccccc2-c2ccccc21. The lowest BCUT2D eigenvalue weighted by molar-refractivity contribution is -0.0252. The number of hydrogen-bond acceptors (Lipinski definition) is 11. The quantitative estimate of drug-likeness (QED) is 0.0839. The molecule has 3 rings (SSSR count). The van der Waals surface area contributed by atoms with Crippen molar-refractivity contribution in [1.29, 1.82) is 0 Å². The van der Waals surface area contributed by atoms with Gasteiger partial charge in [-0.15, -0.1) is 0 Å². The van der Waals surface area contributed by atoms with Gasteiger partial charge in [-0.05, 0) is 28.7 Å². The molecule has 0 saturated carbocycles. The molecule has 1 aliphatic carbocycles. The van der Waals surface area contributed by atoms with Gasteiger partial charge >= 0.3 is 6.09 Å². The first kappa shape index (κ1) is 43.8. The Hall–Kier alpha value is -2.65. The molecular weight excluding hydrogens is 670 g/mol. The topological polar surface area (TPSA) is 113 Å². The molecule has 0 N–H and O–H groups in total. The summed E-state index contributed by atoms with van der Waals surface area (Å²) >= 11 is 0. The van der Waals surface area contributed by atoms with Gasteiger partial charge in [-0.1, -0.05) is 74.7 Å². The maximum absolute atomic E-state index is 12.6. The normalized spacial score (nSPS) is 12.3. The Kier molecular flexibility index (Phi) is 25.0. The highest BCUT2D eigenvalue weighted by molar-refractivity contribution is 5.79. The average molecular weight is 734 g/mol. The molecule has 0 heterocycles. The number of ether oxygens (including phenoxy) is 10. The van der Waals surface area contributed by atoms with Gasteiger partial charge in [0.15, 0.2) is 0 Å². The summed E-state index contributed by atoms with van der Waals surface area (Å²) in [5, 5.41) is 0. The molecule has 12 nitrogen and oxygen atoms in total. The van der Waals surface area contributed by atoms with E-state index >= 15 is 0 Å². The monoisotopic (exact) mass is 733 g/mol. The third-order valence-corrected chi connectivity index (χ3v) is 8.34. The minimum atomic E-state index is -0.360. The molecule has 0 spiro atoms. The van der Waals surface area contributed by atoms with Crippen LogP contribution in [0.5, 0.6) is 0 Å². The maximum atomic E-state index is 12.6. The molecular formula is C40H63NO11. The van der Waals surface area contributed by atoms with Crippen molar-refractivity contribution in [1.82, 2.24) is 4.90 Å². The molecule has 0 atom stereocenters. The Morgan fingerprint density at radius 3 is 1.27 bits per heavy atom. The van der Waals surface area contributed by atoms with Crippen LogP contribution in [0.4, 0.5) is 4.79 Å². The molecule has 2 aromatic rings. The van der Waals surface area contributed by atoms with Crippen molar-refractivity contribution in [3.8, 4) is 11.1 Å². The number of nitrogens with zero attached hydrogens (tertiary/aromatic N) is 1.